The predicted molar refractivity (Wildman–Crippen MR) is 121 cm³/mol. The molecule has 0 spiro atoms. The summed E-state index contributed by atoms with van der Waals surface area (Å²) in [6.07, 6.45) is 1.05. The summed E-state index contributed by atoms with van der Waals surface area (Å²) >= 11 is 0. The van der Waals surface area contributed by atoms with E-state index in [-0.39, 0.29) is 23.4 Å². The average Bonchev–Trinajstić information content (AvgIpc) is 2.77. The Bertz CT molecular complexity index is 1080. The second-order valence-corrected chi connectivity index (χ2v) is 8.97. The molecule has 1 aliphatic heterocycles. The molecule has 1 N–H and O–H groups in total. The van der Waals surface area contributed by atoms with Gasteiger partial charge in [-0.05, 0) is 48.4 Å². The van der Waals surface area contributed by atoms with Crippen molar-refractivity contribution in [2.75, 3.05) is 6.61 Å². The van der Waals surface area contributed by atoms with Crippen molar-refractivity contribution >= 4 is 11.8 Å². The van der Waals surface area contributed by atoms with Crippen molar-refractivity contribution < 1.29 is 18.7 Å². The fourth-order valence-corrected chi connectivity index (χ4v) is 4.58. The molecule has 0 amide bonds. The van der Waals surface area contributed by atoms with Gasteiger partial charge in [-0.3, -0.25) is 4.79 Å². The van der Waals surface area contributed by atoms with E-state index >= 15 is 0 Å². The monoisotopic (exact) mass is 433 g/mol. The molecule has 166 valence electrons. The quantitative estimate of drug-likeness (QED) is 0.643. The zero-order valence-electron chi connectivity index (χ0n) is 18.7. The summed E-state index contributed by atoms with van der Waals surface area (Å²) in [7, 11) is 0. The largest absolute Gasteiger partial charge is 0.462 e. The maximum atomic E-state index is 13.6. The first-order chi connectivity index (χ1) is 15.3. The molecule has 2 aliphatic rings. The van der Waals surface area contributed by atoms with E-state index in [1.54, 1.807) is 12.1 Å². The van der Waals surface area contributed by atoms with Gasteiger partial charge in [0.25, 0.3) is 0 Å². The minimum absolute atomic E-state index is 0.00332. The number of rotatable bonds is 5. The Kier molecular flexibility index (Phi) is 6.26. The highest BCUT2D eigenvalue weighted by atomic mass is 19.1. The van der Waals surface area contributed by atoms with Crippen LogP contribution in [0.25, 0.3) is 0 Å². The van der Waals surface area contributed by atoms with Gasteiger partial charge in [0.15, 0.2) is 5.78 Å². The van der Waals surface area contributed by atoms with Gasteiger partial charge in [-0.25, -0.2) is 9.18 Å². The lowest BCUT2D eigenvalue weighted by Gasteiger charge is -2.36. The fraction of sp³-hybridized carbons (Fsp3) is 0.333. The number of esters is 1. The minimum Gasteiger partial charge on any atom is -0.462 e. The summed E-state index contributed by atoms with van der Waals surface area (Å²) in [5.41, 5.74) is 4.35. The summed E-state index contributed by atoms with van der Waals surface area (Å²) in [5, 5.41) is 3.34. The van der Waals surface area contributed by atoms with Crippen LogP contribution in [-0.4, -0.2) is 18.4 Å². The number of allylic oxidation sites excluding steroid dienone is 3. The van der Waals surface area contributed by atoms with Crippen molar-refractivity contribution in [1.29, 1.82) is 0 Å². The highest BCUT2D eigenvalue weighted by Gasteiger charge is 2.41. The zero-order chi connectivity index (χ0) is 22.8. The first kappa shape index (κ1) is 22.0. The number of hydrogen-bond acceptors (Lipinski definition) is 4. The minimum atomic E-state index is -0.573. The first-order valence-electron chi connectivity index (χ1n) is 11.1. The highest BCUT2D eigenvalue weighted by Crippen LogP contribution is 2.45. The molecule has 5 heteroatoms. The van der Waals surface area contributed by atoms with E-state index in [0.29, 0.717) is 41.9 Å². The predicted octanol–water partition coefficient (Wildman–Crippen LogP) is 5.39. The molecule has 0 unspecified atom stereocenters. The topological polar surface area (TPSA) is 55.4 Å². The van der Waals surface area contributed by atoms with E-state index in [1.165, 1.54) is 12.1 Å². The smallest absolute Gasteiger partial charge is 0.336 e. The summed E-state index contributed by atoms with van der Waals surface area (Å²) in [6.45, 7) is 6.07. The molecule has 0 aromatic heterocycles. The Morgan fingerprint density at radius 2 is 1.75 bits per heavy atom. The van der Waals surface area contributed by atoms with Crippen LogP contribution >= 0.6 is 0 Å². The molecule has 4 rings (SSSR count). The average molecular weight is 434 g/mol. The molecule has 4 nitrogen and oxygen atoms in total. The van der Waals surface area contributed by atoms with E-state index in [0.717, 1.165) is 11.3 Å². The molecular formula is C27H28FNO3. The van der Waals surface area contributed by atoms with Crippen molar-refractivity contribution in [3.63, 3.8) is 0 Å². The molecule has 1 aliphatic carbocycles. The van der Waals surface area contributed by atoms with Crippen LogP contribution < -0.4 is 5.32 Å². The number of nitrogens with one attached hydrogen (secondary N) is 1. The Labute approximate surface area is 188 Å². The highest BCUT2D eigenvalue weighted by molar-refractivity contribution is 6.04. The second-order valence-electron chi connectivity index (χ2n) is 8.97. The van der Waals surface area contributed by atoms with Crippen molar-refractivity contribution in [2.24, 2.45) is 5.92 Å². The number of hydrogen-bond donors (Lipinski definition) is 1. The van der Waals surface area contributed by atoms with E-state index in [4.69, 9.17) is 4.74 Å². The van der Waals surface area contributed by atoms with Gasteiger partial charge in [0.2, 0.25) is 0 Å². The van der Waals surface area contributed by atoms with E-state index in [1.807, 2.05) is 51.1 Å². The Morgan fingerprint density at radius 1 is 1.06 bits per heavy atom. The number of ether oxygens (including phenoxy) is 1. The zero-order valence-corrected chi connectivity index (χ0v) is 18.7. The Balaban J connectivity index is 1.76. The van der Waals surface area contributed by atoms with Crippen molar-refractivity contribution in [3.8, 4) is 0 Å². The third-order valence-corrected chi connectivity index (χ3v) is 6.07. The number of carbonyl (C=O) groups excluding carboxylic acids is 2. The van der Waals surface area contributed by atoms with Crippen LogP contribution in [0, 0.1) is 11.7 Å². The van der Waals surface area contributed by atoms with Crippen LogP contribution in [-0.2, 0) is 14.3 Å². The summed E-state index contributed by atoms with van der Waals surface area (Å²) in [6, 6.07) is 16.0. The summed E-state index contributed by atoms with van der Waals surface area (Å²) in [5.74, 6) is -1.10. The normalized spacial score (nSPS) is 20.8. The number of carbonyl (C=O) groups is 2. The molecule has 1 heterocycles. The van der Waals surface area contributed by atoms with Crippen molar-refractivity contribution in [1.82, 2.24) is 5.32 Å². The van der Waals surface area contributed by atoms with Gasteiger partial charge < -0.3 is 10.1 Å². The maximum Gasteiger partial charge on any atom is 0.336 e. The third-order valence-electron chi connectivity index (χ3n) is 6.07. The van der Waals surface area contributed by atoms with Crippen LogP contribution in [0.5, 0.6) is 0 Å². The number of benzene rings is 2. The fourth-order valence-electron chi connectivity index (χ4n) is 4.58. The number of halogens is 1. The van der Waals surface area contributed by atoms with Crippen LogP contribution in [0.2, 0.25) is 0 Å². The third kappa shape index (κ3) is 4.38. The van der Waals surface area contributed by atoms with E-state index < -0.39 is 11.9 Å². The molecule has 0 radical (unpaired) electrons. The Morgan fingerprint density at radius 3 is 2.41 bits per heavy atom. The van der Waals surface area contributed by atoms with Crippen LogP contribution in [0.4, 0.5) is 4.39 Å². The van der Waals surface area contributed by atoms with E-state index in [9.17, 15) is 14.0 Å². The van der Waals surface area contributed by atoms with Crippen LogP contribution in [0.3, 0.4) is 0 Å². The van der Waals surface area contributed by atoms with Crippen LogP contribution in [0.15, 0.2) is 77.1 Å². The van der Waals surface area contributed by atoms with Gasteiger partial charge in [0, 0.05) is 29.3 Å². The molecular weight excluding hydrogens is 405 g/mol. The van der Waals surface area contributed by atoms with Gasteiger partial charge in [-0.15, -0.1) is 0 Å². The van der Waals surface area contributed by atoms with Gasteiger partial charge >= 0.3 is 5.97 Å². The maximum absolute atomic E-state index is 13.6. The van der Waals surface area contributed by atoms with Crippen LogP contribution in [0.1, 0.15) is 56.6 Å². The lowest BCUT2D eigenvalue weighted by molar-refractivity contribution is -0.140. The van der Waals surface area contributed by atoms with Gasteiger partial charge in [-0.1, -0.05) is 56.3 Å². The van der Waals surface area contributed by atoms with Crippen molar-refractivity contribution in [2.45, 2.75) is 45.4 Å². The molecule has 0 saturated carbocycles. The SMILES string of the molecule is CC1=C(C(=O)OCC(C)C)[C@H](c2ccc(F)cc2)C2=C(C[C@@H](c3ccccc3)CC2=O)N1. The lowest BCUT2D eigenvalue weighted by Crippen LogP contribution is -2.36. The Hall–Kier alpha value is -3.21. The number of ketones is 1. The second kappa shape index (κ2) is 9.11. The number of dihydropyridines is 1. The van der Waals surface area contributed by atoms with Gasteiger partial charge in [-0.2, -0.15) is 0 Å². The first-order valence-corrected chi connectivity index (χ1v) is 11.1. The molecule has 0 saturated heterocycles. The molecule has 0 fully saturated rings. The van der Waals surface area contributed by atoms with E-state index in [2.05, 4.69) is 5.32 Å². The molecule has 2 aromatic rings. The molecule has 2 atom stereocenters. The molecule has 32 heavy (non-hydrogen) atoms. The molecule has 2 aromatic carbocycles. The number of Topliss-reactive ketones (excluding diaryl/α,β-unsaturated/α-hetero) is 1. The standard InChI is InChI=1S/C27H28FNO3/c1-16(2)15-32-27(31)24-17(3)29-22-13-20(18-7-5-4-6-8-18)14-23(30)26(22)25(24)19-9-11-21(28)12-10-19/h4-12,16,20,25,29H,13-15H2,1-3H3/t20-,25+/m1/s1. The van der Waals surface area contributed by atoms with Crippen molar-refractivity contribution in [3.05, 3.63) is 94.1 Å². The lowest BCUT2D eigenvalue weighted by atomic mass is 9.72. The van der Waals surface area contributed by atoms with Gasteiger partial charge in [0.1, 0.15) is 5.82 Å². The molecule has 0 bridgehead atoms. The van der Waals surface area contributed by atoms with Gasteiger partial charge in [0.05, 0.1) is 12.2 Å². The summed E-state index contributed by atoms with van der Waals surface area (Å²) in [4.78, 5) is 26.6. The summed E-state index contributed by atoms with van der Waals surface area (Å²) < 4.78 is 19.2.